The number of amides is 1. The standard InChI is InChI=1S/C24H26N4O4S/c1-32-21-9-8-20(14-25-21)28-12-11-19(26-28)15-27(24(31)18-5-3-2-4-6-18)22-13-17(16-33-22)7-10-23(29)30/h7-14,16,18H,2-6,15H2,1H3,(H,29,30). The first-order chi connectivity index (χ1) is 16.0. The first-order valence-corrected chi connectivity index (χ1v) is 11.8. The van der Waals surface area contributed by atoms with Crippen LogP contribution < -0.4 is 9.64 Å². The number of pyridine rings is 1. The van der Waals surface area contributed by atoms with Gasteiger partial charge in [0.15, 0.2) is 0 Å². The Labute approximate surface area is 196 Å². The van der Waals surface area contributed by atoms with Crippen LogP contribution in [0.25, 0.3) is 11.8 Å². The molecule has 0 radical (unpaired) electrons. The van der Waals surface area contributed by atoms with Gasteiger partial charge in [-0.2, -0.15) is 5.10 Å². The van der Waals surface area contributed by atoms with E-state index in [4.69, 9.17) is 9.84 Å². The zero-order valence-electron chi connectivity index (χ0n) is 18.4. The molecule has 0 saturated heterocycles. The number of rotatable bonds is 8. The summed E-state index contributed by atoms with van der Waals surface area (Å²) < 4.78 is 6.83. The second-order valence-electron chi connectivity index (χ2n) is 7.96. The summed E-state index contributed by atoms with van der Waals surface area (Å²) in [6, 6.07) is 7.39. The van der Waals surface area contributed by atoms with Crippen LogP contribution in [0.1, 0.15) is 43.4 Å². The summed E-state index contributed by atoms with van der Waals surface area (Å²) >= 11 is 1.43. The molecule has 1 aliphatic carbocycles. The van der Waals surface area contributed by atoms with E-state index in [1.165, 1.54) is 23.8 Å². The number of carbonyl (C=O) groups excluding carboxylic acids is 1. The number of anilines is 1. The molecule has 0 aromatic carbocycles. The van der Waals surface area contributed by atoms with E-state index >= 15 is 0 Å². The van der Waals surface area contributed by atoms with E-state index in [1.54, 1.807) is 29.0 Å². The van der Waals surface area contributed by atoms with Crippen molar-refractivity contribution < 1.29 is 19.4 Å². The van der Waals surface area contributed by atoms with Gasteiger partial charge in [0.05, 0.1) is 36.2 Å². The maximum Gasteiger partial charge on any atom is 0.328 e. The van der Waals surface area contributed by atoms with Crippen LogP contribution in [0.5, 0.6) is 5.88 Å². The molecule has 0 spiro atoms. The Balaban J connectivity index is 1.57. The van der Waals surface area contributed by atoms with Crippen molar-refractivity contribution in [2.24, 2.45) is 5.92 Å². The fraction of sp³-hybridized carbons (Fsp3) is 0.333. The number of thiophene rings is 1. The van der Waals surface area contributed by atoms with Gasteiger partial charge in [-0.15, -0.1) is 11.3 Å². The average molecular weight is 467 g/mol. The van der Waals surface area contributed by atoms with Gasteiger partial charge in [-0.1, -0.05) is 19.3 Å². The molecule has 3 heterocycles. The highest BCUT2D eigenvalue weighted by Gasteiger charge is 2.28. The molecule has 3 aromatic heterocycles. The summed E-state index contributed by atoms with van der Waals surface area (Å²) in [5.41, 5.74) is 2.31. The minimum absolute atomic E-state index is 0.00624. The molecule has 172 valence electrons. The Morgan fingerprint density at radius 1 is 1.27 bits per heavy atom. The molecule has 33 heavy (non-hydrogen) atoms. The molecule has 0 aliphatic heterocycles. The van der Waals surface area contributed by atoms with Crippen LogP contribution in [0.3, 0.4) is 0 Å². The SMILES string of the molecule is COc1ccc(-n2ccc(CN(C(=O)C3CCCCC3)c3cc(C=CC(=O)O)cs3)n2)cn1. The first kappa shape index (κ1) is 22.7. The smallest absolute Gasteiger partial charge is 0.328 e. The molecular formula is C24H26N4O4S. The van der Waals surface area contributed by atoms with Crippen molar-refractivity contribution in [2.75, 3.05) is 12.0 Å². The van der Waals surface area contributed by atoms with Crippen LogP contribution in [0, 0.1) is 5.92 Å². The molecule has 1 fully saturated rings. The van der Waals surface area contributed by atoms with Crippen molar-refractivity contribution in [2.45, 2.75) is 38.6 Å². The van der Waals surface area contributed by atoms with E-state index < -0.39 is 5.97 Å². The van der Waals surface area contributed by atoms with Crippen LogP contribution in [-0.2, 0) is 16.1 Å². The van der Waals surface area contributed by atoms with Crippen LogP contribution in [-0.4, -0.2) is 38.9 Å². The number of ether oxygens (including phenoxy) is 1. The summed E-state index contributed by atoms with van der Waals surface area (Å²) in [6.07, 6.45) is 11.3. The van der Waals surface area contributed by atoms with Crippen molar-refractivity contribution in [1.29, 1.82) is 0 Å². The van der Waals surface area contributed by atoms with E-state index in [1.807, 2.05) is 29.8 Å². The van der Waals surface area contributed by atoms with E-state index in [0.717, 1.165) is 53.7 Å². The predicted molar refractivity (Wildman–Crippen MR) is 127 cm³/mol. The first-order valence-electron chi connectivity index (χ1n) is 10.9. The third kappa shape index (κ3) is 5.67. The fourth-order valence-corrected chi connectivity index (χ4v) is 4.84. The highest BCUT2D eigenvalue weighted by molar-refractivity contribution is 7.14. The maximum absolute atomic E-state index is 13.5. The molecule has 9 heteroatoms. The largest absolute Gasteiger partial charge is 0.481 e. The Morgan fingerprint density at radius 2 is 2.09 bits per heavy atom. The van der Waals surface area contributed by atoms with Gasteiger partial charge in [-0.25, -0.2) is 14.5 Å². The van der Waals surface area contributed by atoms with Gasteiger partial charge in [-0.05, 0) is 42.7 Å². The van der Waals surface area contributed by atoms with Crippen LogP contribution in [0.2, 0.25) is 0 Å². The fourth-order valence-electron chi connectivity index (χ4n) is 3.95. The number of carboxylic acid groups (broad SMARTS) is 1. The molecule has 4 rings (SSSR count). The number of aliphatic carboxylic acids is 1. The predicted octanol–water partition coefficient (Wildman–Crippen LogP) is 4.55. The number of carbonyl (C=O) groups is 2. The highest BCUT2D eigenvalue weighted by atomic mass is 32.1. The molecule has 0 atom stereocenters. The van der Waals surface area contributed by atoms with Crippen molar-refractivity contribution in [3.05, 3.63) is 59.4 Å². The lowest BCUT2D eigenvalue weighted by molar-refractivity contribution is -0.131. The molecule has 1 amide bonds. The maximum atomic E-state index is 13.5. The molecule has 1 saturated carbocycles. The minimum atomic E-state index is -1.00. The van der Waals surface area contributed by atoms with Crippen molar-refractivity contribution in [3.63, 3.8) is 0 Å². The summed E-state index contributed by atoms with van der Waals surface area (Å²) in [7, 11) is 1.57. The number of methoxy groups -OCH3 is 1. The van der Waals surface area contributed by atoms with E-state index in [-0.39, 0.29) is 11.8 Å². The molecule has 0 bridgehead atoms. The second kappa shape index (κ2) is 10.4. The monoisotopic (exact) mass is 466 g/mol. The summed E-state index contributed by atoms with van der Waals surface area (Å²) in [6.45, 7) is 0.342. The second-order valence-corrected chi connectivity index (χ2v) is 8.85. The van der Waals surface area contributed by atoms with E-state index in [2.05, 4.69) is 10.1 Å². The Morgan fingerprint density at radius 3 is 2.79 bits per heavy atom. The quantitative estimate of drug-likeness (QED) is 0.489. The van der Waals surface area contributed by atoms with Crippen LogP contribution >= 0.6 is 11.3 Å². The zero-order valence-corrected chi connectivity index (χ0v) is 19.2. The Hall–Kier alpha value is -3.46. The normalized spacial score (nSPS) is 14.5. The number of hydrogen-bond donors (Lipinski definition) is 1. The van der Waals surface area contributed by atoms with Gasteiger partial charge in [0.25, 0.3) is 0 Å². The topological polar surface area (TPSA) is 97.5 Å². The van der Waals surface area contributed by atoms with E-state index in [0.29, 0.717) is 12.4 Å². The van der Waals surface area contributed by atoms with Gasteiger partial charge in [0.1, 0.15) is 0 Å². The average Bonchev–Trinajstić information content (AvgIpc) is 3.51. The summed E-state index contributed by atoms with van der Waals surface area (Å²) in [5.74, 6) is -0.366. The van der Waals surface area contributed by atoms with E-state index in [9.17, 15) is 9.59 Å². The zero-order chi connectivity index (χ0) is 23.2. The van der Waals surface area contributed by atoms with Gasteiger partial charge < -0.3 is 9.84 Å². The number of nitrogens with zero attached hydrogens (tertiary/aromatic N) is 4. The molecule has 8 nitrogen and oxygen atoms in total. The van der Waals surface area contributed by atoms with Crippen molar-refractivity contribution >= 4 is 34.3 Å². The molecule has 3 aromatic rings. The lowest BCUT2D eigenvalue weighted by Crippen LogP contribution is -2.36. The van der Waals surface area contributed by atoms with Gasteiger partial charge in [-0.3, -0.25) is 9.69 Å². The van der Waals surface area contributed by atoms with Crippen molar-refractivity contribution in [1.82, 2.24) is 14.8 Å². The third-order valence-electron chi connectivity index (χ3n) is 5.67. The summed E-state index contributed by atoms with van der Waals surface area (Å²) in [4.78, 5) is 30.4. The number of aromatic nitrogens is 3. The summed E-state index contributed by atoms with van der Waals surface area (Å²) in [5, 5.41) is 16.2. The molecule has 0 unspecified atom stereocenters. The Kier molecular flexibility index (Phi) is 7.19. The van der Waals surface area contributed by atoms with Gasteiger partial charge in [0.2, 0.25) is 11.8 Å². The molecule has 1 N–H and O–H groups in total. The minimum Gasteiger partial charge on any atom is -0.481 e. The highest BCUT2D eigenvalue weighted by Crippen LogP contribution is 2.32. The van der Waals surface area contributed by atoms with Gasteiger partial charge >= 0.3 is 5.97 Å². The van der Waals surface area contributed by atoms with Crippen molar-refractivity contribution in [3.8, 4) is 11.6 Å². The number of carboxylic acids is 1. The molecular weight excluding hydrogens is 440 g/mol. The lowest BCUT2D eigenvalue weighted by Gasteiger charge is -2.28. The van der Waals surface area contributed by atoms with Crippen LogP contribution in [0.4, 0.5) is 5.00 Å². The van der Waals surface area contributed by atoms with Crippen LogP contribution in [0.15, 0.2) is 48.1 Å². The Bertz CT molecular complexity index is 1130. The third-order valence-corrected chi connectivity index (χ3v) is 6.64. The lowest BCUT2D eigenvalue weighted by atomic mass is 9.88. The molecule has 1 aliphatic rings. The number of hydrogen-bond acceptors (Lipinski definition) is 6. The van der Waals surface area contributed by atoms with Gasteiger partial charge in [0, 0.05) is 29.6 Å².